The number of sulfonamides is 1. The van der Waals surface area contributed by atoms with Crippen LogP contribution in [-0.4, -0.2) is 20.4 Å². The van der Waals surface area contributed by atoms with Crippen molar-refractivity contribution in [2.45, 2.75) is 18.7 Å². The Morgan fingerprint density at radius 3 is 2.17 bits per heavy atom. The minimum Gasteiger partial charge on any atom is -0.269 e. The zero-order valence-corrected chi connectivity index (χ0v) is 13.9. The van der Waals surface area contributed by atoms with Crippen molar-refractivity contribution in [3.63, 3.8) is 0 Å². The number of nitro groups is 1. The molecule has 0 N–H and O–H groups in total. The minimum absolute atomic E-state index is 0.151. The Bertz CT molecular complexity index is 929. The van der Waals surface area contributed by atoms with Gasteiger partial charge in [-0.25, -0.2) is 17.2 Å². The van der Waals surface area contributed by atoms with Crippen LogP contribution < -0.4 is 4.31 Å². The van der Waals surface area contributed by atoms with Crippen molar-refractivity contribution in [3.8, 4) is 0 Å². The third-order valence-electron chi connectivity index (χ3n) is 3.68. The van der Waals surface area contributed by atoms with Crippen molar-refractivity contribution in [1.82, 2.24) is 0 Å². The van der Waals surface area contributed by atoms with Gasteiger partial charge in [0.15, 0.2) is 16.5 Å². The van der Waals surface area contributed by atoms with Gasteiger partial charge in [0.25, 0.3) is 15.7 Å². The van der Waals surface area contributed by atoms with Gasteiger partial charge in [-0.15, -0.1) is 0 Å². The third kappa shape index (κ3) is 3.07. The van der Waals surface area contributed by atoms with E-state index in [4.69, 9.17) is 0 Å². The first-order chi connectivity index (χ1) is 11.1. The molecule has 0 unspecified atom stereocenters. The van der Waals surface area contributed by atoms with E-state index in [0.717, 1.165) is 19.2 Å². The molecule has 2 rings (SSSR count). The molecule has 0 aromatic heterocycles. The van der Waals surface area contributed by atoms with Crippen molar-refractivity contribution >= 4 is 21.4 Å². The largest absolute Gasteiger partial charge is 0.290 e. The Kier molecular flexibility index (Phi) is 4.57. The van der Waals surface area contributed by atoms with Crippen LogP contribution in [0.25, 0.3) is 0 Å². The number of rotatable bonds is 4. The van der Waals surface area contributed by atoms with Crippen LogP contribution in [0.5, 0.6) is 0 Å². The van der Waals surface area contributed by atoms with E-state index in [-0.39, 0.29) is 5.69 Å². The summed E-state index contributed by atoms with van der Waals surface area (Å²) in [4.78, 5) is 9.90. The molecule has 24 heavy (non-hydrogen) atoms. The fourth-order valence-electron chi connectivity index (χ4n) is 2.09. The van der Waals surface area contributed by atoms with Crippen LogP contribution >= 0.6 is 0 Å². The Labute approximate surface area is 137 Å². The van der Waals surface area contributed by atoms with Crippen LogP contribution in [0.1, 0.15) is 11.1 Å². The molecular formula is C15H14F2N2O4S. The monoisotopic (exact) mass is 356 g/mol. The molecule has 0 amide bonds. The lowest BCUT2D eigenvalue weighted by Gasteiger charge is -2.20. The molecule has 0 fully saturated rings. The molecule has 6 nitrogen and oxygen atoms in total. The lowest BCUT2D eigenvalue weighted by atomic mass is 10.1. The molecule has 0 heterocycles. The average Bonchev–Trinajstić information content (AvgIpc) is 2.51. The summed E-state index contributed by atoms with van der Waals surface area (Å²) in [5.41, 5.74) is 0.392. The molecule has 0 spiro atoms. The smallest absolute Gasteiger partial charge is 0.269 e. The summed E-state index contributed by atoms with van der Waals surface area (Å²) in [7, 11) is -3.22. The first-order valence-corrected chi connectivity index (χ1v) is 8.19. The molecular weight excluding hydrogens is 342 g/mol. The van der Waals surface area contributed by atoms with E-state index in [1.807, 2.05) is 0 Å². The normalized spacial score (nSPS) is 11.4. The molecule has 2 aromatic rings. The topological polar surface area (TPSA) is 80.5 Å². The van der Waals surface area contributed by atoms with E-state index in [2.05, 4.69) is 0 Å². The Morgan fingerprint density at radius 1 is 1.04 bits per heavy atom. The number of hydrogen-bond donors (Lipinski definition) is 0. The Balaban J connectivity index is 2.63. The second-order valence-electron chi connectivity index (χ2n) is 5.23. The maximum Gasteiger partial charge on any atom is 0.290 e. The number of halogens is 2. The molecule has 9 heteroatoms. The summed E-state index contributed by atoms with van der Waals surface area (Å²) in [5, 5.41) is 11.2. The quantitative estimate of drug-likeness (QED) is 0.622. The summed E-state index contributed by atoms with van der Waals surface area (Å²) in [6, 6.07) is 4.93. The van der Waals surface area contributed by atoms with Crippen molar-refractivity contribution < 1.29 is 22.1 Å². The van der Waals surface area contributed by atoms with Gasteiger partial charge in [-0.05, 0) is 43.2 Å². The number of nitro benzene ring substituents is 1. The highest BCUT2D eigenvalue weighted by molar-refractivity contribution is 7.93. The lowest BCUT2D eigenvalue weighted by Crippen LogP contribution is -2.27. The van der Waals surface area contributed by atoms with Crippen LogP contribution in [0.15, 0.2) is 35.2 Å². The predicted molar refractivity (Wildman–Crippen MR) is 84.5 cm³/mol. The van der Waals surface area contributed by atoms with E-state index < -0.39 is 37.2 Å². The Hall–Kier alpha value is -2.55. The highest BCUT2D eigenvalue weighted by atomic mass is 32.2. The highest BCUT2D eigenvalue weighted by Gasteiger charge is 2.31. The molecule has 0 radical (unpaired) electrons. The van der Waals surface area contributed by atoms with Crippen LogP contribution in [0.3, 0.4) is 0 Å². The fourth-order valence-corrected chi connectivity index (χ4v) is 3.50. The van der Waals surface area contributed by atoms with Crippen LogP contribution in [0, 0.1) is 35.6 Å². The summed E-state index contributed by atoms with van der Waals surface area (Å²) >= 11 is 0. The molecule has 0 bridgehead atoms. The first kappa shape index (κ1) is 17.8. The second kappa shape index (κ2) is 6.16. The summed E-state index contributed by atoms with van der Waals surface area (Å²) in [6.45, 7) is 3.24. The average molecular weight is 356 g/mol. The zero-order chi connectivity index (χ0) is 18.2. The number of aryl methyl sites for hydroxylation is 2. The minimum atomic E-state index is -4.33. The van der Waals surface area contributed by atoms with Crippen molar-refractivity contribution in [2.24, 2.45) is 0 Å². The van der Waals surface area contributed by atoms with Gasteiger partial charge in [-0.2, -0.15) is 0 Å². The summed E-state index contributed by atoms with van der Waals surface area (Å²) in [6.07, 6.45) is 0. The standard InChI is InChI=1S/C15H14F2N2O4S/c1-9-6-14(19(20)21)15(7-10(9)2)24(22,23)18(3)11-4-5-12(16)13(17)8-11/h4-8H,1-3H3. The molecule has 0 aliphatic carbocycles. The van der Waals surface area contributed by atoms with Gasteiger partial charge >= 0.3 is 0 Å². The number of benzene rings is 2. The van der Waals surface area contributed by atoms with Crippen molar-refractivity contribution in [3.05, 3.63) is 63.2 Å². The van der Waals surface area contributed by atoms with Gasteiger partial charge < -0.3 is 0 Å². The number of anilines is 1. The highest BCUT2D eigenvalue weighted by Crippen LogP contribution is 2.31. The lowest BCUT2D eigenvalue weighted by molar-refractivity contribution is -0.387. The van der Waals surface area contributed by atoms with Crippen LogP contribution in [-0.2, 0) is 10.0 Å². The number of nitrogens with zero attached hydrogens (tertiary/aromatic N) is 2. The van der Waals surface area contributed by atoms with E-state index in [0.29, 0.717) is 21.5 Å². The van der Waals surface area contributed by atoms with Gasteiger partial charge in [0.1, 0.15) is 0 Å². The van der Waals surface area contributed by atoms with Crippen molar-refractivity contribution in [1.29, 1.82) is 0 Å². The van der Waals surface area contributed by atoms with Gasteiger partial charge in [-0.1, -0.05) is 0 Å². The summed E-state index contributed by atoms with van der Waals surface area (Å²) < 4.78 is 52.5. The van der Waals surface area contributed by atoms with E-state index in [9.17, 15) is 27.3 Å². The van der Waals surface area contributed by atoms with Gasteiger partial charge in [0, 0.05) is 19.2 Å². The first-order valence-electron chi connectivity index (χ1n) is 6.75. The van der Waals surface area contributed by atoms with Gasteiger partial charge in [0.05, 0.1) is 10.6 Å². The molecule has 0 saturated carbocycles. The fraction of sp³-hybridized carbons (Fsp3) is 0.200. The molecule has 0 atom stereocenters. The van der Waals surface area contributed by atoms with E-state index in [1.165, 1.54) is 12.1 Å². The maximum atomic E-state index is 13.3. The van der Waals surface area contributed by atoms with Gasteiger partial charge in [0.2, 0.25) is 0 Å². The summed E-state index contributed by atoms with van der Waals surface area (Å²) in [5.74, 6) is -2.34. The molecule has 2 aromatic carbocycles. The van der Waals surface area contributed by atoms with E-state index >= 15 is 0 Å². The zero-order valence-electron chi connectivity index (χ0n) is 13.1. The third-order valence-corrected chi connectivity index (χ3v) is 5.49. The van der Waals surface area contributed by atoms with Crippen LogP contribution in [0.2, 0.25) is 0 Å². The second-order valence-corrected chi connectivity index (χ2v) is 7.17. The SMILES string of the molecule is Cc1cc([N+](=O)[O-])c(S(=O)(=O)N(C)c2ccc(F)c(F)c2)cc1C. The Morgan fingerprint density at radius 2 is 1.62 bits per heavy atom. The maximum absolute atomic E-state index is 13.3. The van der Waals surface area contributed by atoms with Gasteiger partial charge in [-0.3, -0.25) is 14.4 Å². The number of hydrogen-bond acceptors (Lipinski definition) is 4. The van der Waals surface area contributed by atoms with E-state index in [1.54, 1.807) is 13.8 Å². The molecule has 0 aliphatic rings. The van der Waals surface area contributed by atoms with Crippen LogP contribution in [0.4, 0.5) is 20.2 Å². The molecule has 0 aliphatic heterocycles. The molecule has 0 saturated heterocycles. The molecule has 128 valence electrons. The predicted octanol–water partition coefficient (Wildman–Crippen LogP) is 3.31. The van der Waals surface area contributed by atoms with Crippen molar-refractivity contribution in [2.75, 3.05) is 11.4 Å².